The molecular weight excluding hydrogens is 757 g/mol. The molecule has 294 valence electrons. The lowest BCUT2D eigenvalue weighted by molar-refractivity contribution is -0.213. The first-order valence-corrected chi connectivity index (χ1v) is 20.4. The van der Waals surface area contributed by atoms with Gasteiger partial charge in [0.25, 0.3) is 0 Å². The second kappa shape index (κ2) is 16.5. The van der Waals surface area contributed by atoms with Crippen LogP contribution in [0.3, 0.4) is 0 Å². The molecule has 56 heavy (non-hydrogen) atoms. The molecule has 2 heterocycles. The Morgan fingerprint density at radius 3 is 2.55 bits per heavy atom. The third kappa shape index (κ3) is 8.48. The van der Waals surface area contributed by atoms with Crippen molar-refractivity contribution in [3.05, 3.63) is 105 Å². The molecule has 2 N–H and O–H groups in total. The molecule has 2 saturated carbocycles. The Kier molecular flexibility index (Phi) is 11.4. The van der Waals surface area contributed by atoms with Gasteiger partial charge >= 0.3 is 0 Å². The molecule has 1 saturated heterocycles. The van der Waals surface area contributed by atoms with Crippen LogP contribution in [0.4, 0.5) is 8.78 Å². The SMILES string of the molecule is N#Cc1cncc(COc2cc(O[C@H]3CCc4c(-c5cccc(OCCCN6CC7(C6)CC(F)(F)C7)c5Cl)cccc43)c(Cl)cc2CN[C@@H]2CCCC[C@@H]2O)c1. The number of hydrogen-bond donors (Lipinski definition) is 2. The zero-order valence-corrected chi connectivity index (χ0v) is 32.7. The fourth-order valence-corrected chi connectivity index (χ4v) is 9.61. The van der Waals surface area contributed by atoms with Crippen LogP contribution in [0.15, 0.2) is 67.0 Å². The van der Waals surface area contributed by atoms with Crippen LogP contribution < -0.4 is 19.5 Å². The van der Waals surface area contributed by atoms with Gasteiger partial charge in [-0.2, -0.15) is 5.26 Å². The number of aromatic nitrogens is 1. The lowest BCUT2D eigenvalue weighted by Crippen LogP contribution is -2.65. The smallest absolute Gasteiger partial charge is 0.249 e. The van der Waals surface area contributed by atoms with Crippen molar-refractivity contribution >= 4 is 23.2 Å². The van der Waals surface area contributed by atoms with E-state index in [1.165, 1.54) is 6.20 Å². The average Bonchev–Trinajstić information content (AvgIpc) is 3.58. The van der Waals surface area contributed by atoms with Crippen molar-refractivity contribution < 1.29 is 28.1 Å². The Hall–Kier alpha value is -3.98. The number of benzene rings is 3. The largest absolute Gasteiger partial charge is 0.492 e. The van der Waals surface area contributed by atoms with Gasteiger partial charge in [-0.25, -0.2) is 8.78 Å². The summed E-state index contributed by atoms with van der Waals surface area (Å²) >= 11 is 13.9. The van der Waals surface area contributed by atoms with E-state index in [4.69, 9.17) is 37.4 Å². The minimum atomic E-state index is -2.48. The third-order valence-electron chi connectivity index (χ3n) is 11.7. The number of hydrogen-bond acceptors (Lipinski definition) is 8. The predicted molar refractivity (Wildman–Crippen MR) is 212 cm³/mol. The lowest BCUT2D eigenvalue weighted by Gasteiger charge is -2.58. The highest BCUT2D eigenvalue weighted by molar-refractivity contribution is 6.35. The molecule has 3 aliphatic carbocycles. The summed E-state index contributed by atoms with van der Waals surface area (Å²) in [6, 6.07) is 19.6. The molecule has 3 atom stereocenters. The van der Waals surface area contributed by atoms with Gasteiger partial charge in [-0.1, -0.05) is 66.4 Å². The minimum absolute atomic E-state index is 0.00935. The Morgan fingerprint density at radius 1 is 0.946 bits per heavy atom. The summed E-state index contributed by atoms with van der Waals surface area (Å²) < 4.78 is 45.9. The van der Waals surface area contributed by atoms with Gasteiger partial charge in [0.15, 0.2) is 0 Å². The molecular formula is C44H46Cl2F2N4O4. The van der Waals surface area contributed by atoms with Crippen LogP contribution in [0.25, 0.3) is 11.1 Å². The molecule has 1 aromatic heterocycles. The van der Waals surface area contributed by atoms with Crippen LogP contribution in [0, 0.1) is 16.7 Å². The van der Waals surface area contributed by atoms with Crippen molar-refractivity contribution in [2.75, 3.05) is 26.2 Å². The summed E-state index contributed by atoms with van der Waals surface area (Å²) in [6.45, 7) is 3.44. The van der Waals surface area contributed by atoms with Crippen LogP contribution >= 0.6 is 23.2 Å². The van der Waals surface area contributed by atoms with Crippen molar-refractivity contribution in [2.45, 2.75) is 95.1 Å². The van der Waals surface area contributed by atoms with E-state index < -0.39 is 12.0 Å². The van der Waals surface area contributed by atoms with Crippen molar-refractivity contribution in [1.82, 2.24) is 15.2 Å². The van der Waals surface area contributed by atoms with Crippen LogP contribution in [0.1, 0.15) is 85.3 Å². The fourth-order valence-electron chi connectivity index (χ4n) is 9.09. The second-order valence-corrected chi connectivity index (χ2v) is 16.8. The highest BCUT2D eigenvalue weighted by Gasteiger charge is 2.61. The van der Waals surface area contributed by atoms with Gasteiger partial charge in [-0.15, -0.1) is 0 Å². The molecule has 8 nitrogen and oxygen atoms in total. The highest BCUT2D eigenvalue weighted by atomic mass is 35.5. The number of nitriles is 1. The molecule has 4 aromatic rings. The quantitative estimate of drug-likeness (QED) is 0.122. The fraction of sp³-hybridized carbons (Fsp3) is 0.455. The molecule has 4 aliphatic rings. The summed E-state index contributed by atoms with van der Waals surface area (Å²) in [7, 11) is 0. The van der Waals surface area contributed by atoms with Gasteiger partial charge in [-0.05, 0) is 67.0 Å². The van der Waals surface area contributed by atoms with Gasteiger partial charge in [0.05, 0.1) is 28.3 Å². The van der Waals surface area contributed by atoms with E-state index in [-0.39, 0.29) is 37.0 Å². The highest BCUT2D eigenvalue weighted by Crippen LogP contribution is 2.56. The maximum absolute atomic E-state index is 13.4. The standard InChI is InChI=1S/C44H46Cl2F2N4O4/c45-35-17-30(22-51-36-9-1-2-10-37(36)53)40(55-23-29-16-28(19-49)20-50-21-29)18-41(35)56-38-13-12-32-31(6-3-7-33(32)38)34-8-4-11-39(42(34)46)54-15-5-14-52-26-43(27-52)24-44(47,48)25-43/h3-4,6-8,11,16-18,20-21,36-38,51,53H,1-2,5,9-10,12-15,22-27H2/t36-,37+,38+/m1/s1. The number of rotatable bonds is 14. The number of aliphatic hydroxyl groups excluding tert-OH is 1. The Labute approximate surface area is 336 Å². The molecule has 1 aliphatic heterocycles. The molecule has 1 spiro atoms. The van der Waals surface area contributed by atoms with E-state index in [2.05, 4.69) is 33.4 Å². The first kappa shape index (κ1) is 38.9. The Balaban J connectivity index is 0.951. The summed E-state index contributed by atoms with van der Waals surface area (Å²) in [6.07, 6.45) is 8.69. The van der Waals surface area contributed by atoms with E-state index in [0.717, 1.165) is 98.0 Å². The maximum Gasteiger partial charge on any atom is 0.249 e. The number of nitrogens with one attached hydrogen (secondary N) is 1. The van der Waals surface area contributed by atoms with E-state index >= 15 is 0 Å². The first-order valence-electron chi connectivity index (χ1n) is 19.6. The number of alkyl halides is 2. The number of pyridine rings is 1. The molecule has 0 unspecified atom stereocenters. The number of halogens is 4. The second-order valence-electron chi connectivity index (χ2n) is 16.0. The normalized spacial score (nSPS) is 22.1. The maximum atomic E-state index is 13.4. The van der Waals surface area contributed by atoms with Gasteiger partial charge < -0.3 is 29.5 Å². The zero-order valence-electron chi connectivity index (χ0n) is 31.2. The van der Waals surface area contributed by atoms with E-state index in [1.807, 2.05) is 36.4 Å². The minimum Gasteiger partial charge on any atom is -0.492 e. The molecule has 12 heteroatoms. The summed E-state index contributed by atoms with van der Waals surface area (Å²) in [5, 5.41) is 24.5. The Morgan fingerprint density at radius 2 is 1.75 bits per heavy atom. The van der Waals surface area contributed by atoms with Gasteiger partial charge in [0.2, 0.25) is 5.92 Å². The first-order chi connectivity index (χ1) is 27.1. The average molecular weight is 804 g/mol. The number of fused-ring (bicyclic) bond motifs is 1. The molecule has 3 fully saturated rings. The number of nitrogens with zero attached hydrogens (tertiary/aromatic N) is 3. The summed E-state index contributed by atoms with van der Waals surface area (Å²) in [5.41, 5.74) is 6.04. The summed E-state index contributed by atoms with van der Waals surface area (Å²) in [4.78, 5) is 6.40. The third-order valence-corrected chi connectivity index (χ3v) is 12.4. The molecule has 0 bridgehead atoms. The van der Waals surface area contributed by atoms with E-state index in [0.29, 0.717) is 46.0 Å². The number of aliphatic hydroxyl groups is 1. The Bertz CT molecular complexity index is 2100. The van der Waals surface area contributed by atoms with Crippen LogP contribution in [-0.2, 0) is 19.6 Å². The molecule has 8 rings (SSSR count). The number of ether oxygens (including phenoxy) is 3. The van der Waals surface area contributed by atoms with Crippen LogP contribution in [0.5, 0.6) is 17.2 Å². The van der Waals surface area contributed by atoms with E-state index in [9.17, 15) is 19.1 Å². The molecule has 0 radical (unpaired) electrons. The zero-order chi connectivity index (χ0) is 38.9. The van der Waals surface area contributed by atoms with Crippen LogP contribution in [-0.4, -0.2) is 59.3 Å². The van der Waals surface area contributed by atoms with Crippen LogP contribution in [0.2, 0.25) is 10.0 Å². The number of likely N-dealkylation sites (tertiary alicyclic amines) is 1. The van der Waals surface area contributed by atoms with Crippen molar-refractivity contribution in [1.29, 1.82) is 5.26 Å². The van der Waals surface area contributed by atoms with Crippen molar-refractivity contribution in [3.63, 3.8) is 0 Å². The summed E-state index contributed by atoms with van der Waals surface area (Å²) in [5.74, 6) is -0.761. The monoisotopic (exact) mass is 802 g/mol. The van der Waals surface area contributed by atoms with Gasteiger partial charge in [0.1, 0.15) is 36.0 Å². The van der Waals surface area contributed by atoms with E-state index in [1.54, 1.807) is 12.3 Å². The van der Waals surface area contributed by atoms with Crippen molar-refractivity contribution in [2.24, 2.45) is 5.41 Å². The van der Waals surface area contributed by atoms with Gasteiger partial charge in [0, 0.05) is 85.6 Å². The molecule has 0 amide bonds. The van der Waals surface area contributed by atoms with Crippen molar-refractivity contribution in [3.8, 4) is 34.4 Å². The van der Waals surface area contributed by atoms with Gasteiger partial charge in [-0.3, -0.25) is 4.98 Å². The lowest BCUT2D eigenvalue weighted by atomic mass is 9.61. The predicted octanol–water partition coefficient (Wildman–Crippen LogP) is 9.47. The topological polar surface area (TPSA) is 99.9 Å². The molecule has 3 aromatic carbocycles.